The average molecular weight is 258 g/mol. The molecule has 0 radical (unpaired) electrons. The number of aromatic nitrogens is 3. The smallest absolute Gasteiger partial charge is 0.273 e. The summed E-state index contributed by atoms with van der Waals surface area (Å²) in [4.78, 5) is 12.3. The molecular formula is C14H18N4O. The molecule has 19 heavy (non-hydrogen) atoms. The highest BCUT2D eigenvalue weighted by atomic mass is 16.2. The van der Waals surface area contributed by atoms with Crippen LogP contribution in [-0.4, -0.2) is 20.3 Å². The molecule has 1 aliphatic rings. The Hall–Kier alpha value is -2.04. The first-order valence-corrected chi connectivity index (χ1v) is 6.72. The molecule has 100 valence electrons. The van der Waals surface area contributed by atoms with Gasteiger partial charge in [-0.1, -0.05) is 12.8 Å². The number of rotatable bonds is 3. The van der Waals surface area contributed by atoms with Crippen LogP contribution in [0.3, 0.4) is 0 Å². The van der Waals surface area contributed by atoms with Gasteiger partial charge in [0, 0.05) is 31.5 Å². The molecule has 1 amide bonds. The molecule has 1 fully saturated rings. The third kappa shape index (κ3) is 2.41. The number of hydrogen-bond donors (Lipinski definition) is 1. The third-order valence-electron chi connectivity index (χ3n) is 3.68. The van der Waals surface area contributed by atoms with Crippen molar-refractivity contribution in [3.8, 4) is 0 Å². The van der Waals surface area contributed by atoms with Crippen LogP contribution in [0.15, 0.2) is 30.6 Å². The summed E-state index contributed by atoms with van der Waals surface area (Å²) >= 11 is 0. The van der Waals surface area contributed by atoms with Crippen molar-refractivity contribution < 1.29 is 4.79 Å². The third-order valence-corrected chi connectivity index (χ3v) is 3.68. The second-order valence-corrected chi connectivity index (χ2v) is 5.07. The van der Waals surface area contributed by atoms with Crippen molar-refractivity contribution in [2.45, 2.75) is 31.7 Å². The second-order valence-electron chi connectivity index (χ2n) is 5.07. The minimum Gasteiger partial charge on any atom is -0.340 e. The maximum Gasteiger partial charge on any atom is 0.273 e. The number of carbonyl (C=O) groups is 1. The number of carbonyl (C=O) groups excluding carboxylic acids is 1. The van der Waals surface area contributed by atoms with E-state index in [1.807, 2.05) is 31.6 Å². The number of anilines is 1. The van der Waals surface area contributed by atoms with Crippen LogP contribution in [0.1, 0.15) is 42.2 Å². The lowest BCUT2D eigenvalue weighted by Gasteiger charge is -2.15. The standard InChI is InChI=1S/C14H18N4O/c1-17-10-8-13(16-17)15-14(19)12-7-4-9-18(12)11-5-2-3-6-11/h4,7-11H,2-3,5-6H2,1H3,(H,15,16,19). The first-order valence-electron chi connectivity index (χ1n) is 6.72. The van der Waals surface area contributed by atoms with Crippen molar-refractivity contribution in [2.75, 3.05) is 5.32 Å². The molecule has 0 unspecified atom stereocenters. The second kappa shape index (κ2) is 4.91. The molecule has 2 heterocycles. The summed E-state index contributed by atoms with van der Waals surface area (Å²) in [6.45, 7) is 0. The molecule has 0 aromatic carbocycles. The van der Waals surface area contributed by atoms with Gasteiger partial charge >= 0.3 is 0 Å². The Kier molecular flexibility index (Phi) is 3.11. The fourth-order valence-electron chi connectivity index (χ4n) is 2.75. The molecule has 5 heteroatoms. The summed E-state index contributed by atoms with van der Waals surface area (Å²) in [6.07, 6.45) is 8.65. The largest absolute Gasteiger partial charge is 0.340 e. The predicted octanol–water partition coefficient (Wildman–Crippen LogP) is 2.59. The van der Waals surface area contributed by atoms with E-state index in [0.717, 1.165) is 5.69 Å². The number of amides is 1. The number of nitrogens with one attached hydrogen (secondary N) is 1. The van der Waals surface area contributed by atoms with Gasteiger partial charge in [-0.05, 0) is 25.0 Å². The van der Waals surface area contributed by atoms with Crippen molar-refractivity contribution in [3.05, 3.63) is 36.3 Å². The Morgan fingerprint density at radius 1 is 1.32 bits per heavy atom. The van der Waals surface area contributed by atoms with Crippen LogP contribution >= 0.6 is 0 Å². The normalized spacial score (nSPS) is 15.8. The van der Waals surface area contributed by atoms with E-state index in [1.165, 1.54) is 25.7 Å². The van der Waals surface area contributed by atoms with Gasteiger partial charge in [-0.15, -0.1) is 0 Å². The Morgan fingerprint density at radius 3 is 2.79 bits per heavy atom. The van der Waals surface area contributed by atoms with Crippen LogP contribution in [0.4, 0.5) is 5.82 Å². The highest BCUT2D eigenvalue weighted by Crippen LogP contribution is 2.30. The zero-order chi connectivity index (χ0) is 13.2. The lowest BCUT2D eigenvalue weighted by molar-refractivity contribution is 0.101. The summed E-state index contributed by atoms with van der Waals surface area (Å²) in [7, 11) is 1.83. The van der Waals surface area contributed by atoms with Crippen molar-refractivity contribution in [1.82, 2.24) is 14.3 Å². The van der Waals surface area contributed by atoms with Crippen LogP contribution in [0.25, 0.3) is 0 Å². The Balaban J connectivity index is 1.78. The van der Waals surface area contributed by atoms with Crippen molar-refractivity contribution in [3.63, 3.8) is 0 Å². The fourth-order valence-corrected chi connectivity index (χ4v) is 2.75. The van der Waals surface area contributed by atoms with Gasteiger partial charge in [0.15, 0.2) is 5.82 Å². The van der Waals surface area contributed by atoms with Crippen LogP contribution in [0.5, 0.6) is 0 Å². The van der Waals surface area contributed by atoms with Gasteiger partial charge < -0.3 is 9.88 Å². The van der Waals surface area contributed by atoms with Gasteiger partial charge in [0.2, 0.25) is 0 Å². The van der Waals surface area contributed by atoms with Gasteiger partial charge in [-0.2, -0.15) is 5.10 Å². The summed E-state index contributed by atoms with van der Waals surface area (Å²) < 4.78 is 3.77. The van der Waals surface area contributed by atoms with Crippen molar-refractivity contribution in [1.29, 1.82) is 0 Å². The molecule has 3 rings (SSSR count). The molecule has 1 N–H and O–H groups in total. The molecule has 1 saturated carbocycles. The first kappa shape index (κ1) is 12.0. The molecule has 0 aliphatic heterocycles. The van der Waals surface area contributed by atoms with Crippen LogP contribution in [-0.2, 0) is 7.05 Å². The topological polar surface area (TPSA) is 51.9 Å². The van der Waals surface area contributed by atoms with Gasteiger partial charge in [0.25, 0.3) is 5.91 Å². The van der Waals surface area contributed by atoms with Crippen molar-refractivity contribution in [2.24, 2.45) is 7.05 Å². The van der Waals surface area contributed by atoms with E-state index in [9.17, 15) is 4.79 Å². The van der Waals surface area contributed by atoms with E-state index in [4.69, 9.17) is 0 Å². The fraction of sp³-hybridized carbons (Fsp3) is 0.429. The average Bonchev–Trinajstić information content (AvgIpc) is 3.07. The highest BCUT2D eigenvalue weighted by molar-refractivity contribution is 6.02. The molecular weight excluding hydrogens is 240 g/mol. The van der Waals surface area contributed by atoms with E-state index in [2.05, 4.69) is 15.0 Å². The highest BCUT2D eigenvalue weighted by Gasteiger charge is 2.21. The molecule has 0 spiro atoms. The van der Waals surface area contributed by atoms with E-state index >= 15 is 0 Å². The molecule has 2 aromatic rings. The van der Waals surface area contributed by atoms with E-state index in [0.29, 0.717) is 11.9 Å². The number of hydrogen-bond acceptors (Lipinski definition) is 2. The zero-order valence-electron chi connectivity index (χ0n) is 11.0. The van der Waals surface area contributed by atoms with Crippen LogP contribution < -0.4 is 5.32 Å². The Labute approximate surface area is 112 Å². The summed E-state index contributed by atoms with van der Waals surface area (Å²) in [5.41, 5.74) is 0.720. The van der Waals surface area contributed by atoms with Crippen LogP contribution in [0, 0.1) is 0 Å². The maximum absolute atomic E-state index is 12.3. The minimum atomic E-state index is -0.0874. The van der Waals surface area contributed by atoms with Gasteiger partial charge in [-0.25, -0.2) is 0 Å². The predicted molar refractivity (Wildman–Crippen MR) is 73.1 cm³/mol. The molecule has 5 nitrogen and oxygen atoms in total. The molecule has 0 atom stereocenters. The molecule has 0 saturated heterocycles. The molecule has 2 aromatic heterocycles. The summed E-state index contributed by atoms with van der Waals surface area (Å²) in [5.74, 6) is 0.502. The van der Waals surface area contributed by atoms with E-state index < -0.39 is 0 Å². The first-order chi connectivity index (χ1) is 9.24. The molecule has 0 bridgehead atoms. The minimum absolute atomic E-state index is 0.0874. The van der Waals surface area contributed by atoms with Gasteiger partial charge in [0.05, 0.1) is 0 Å². The van der Waals surface area contributed by atoms with Gasteiger partial charge in [-0.3, -0.25) is 9.48 Å². The van der Waals surface area contributed by atoms with E-state index in [1.54, 1.807) is 10.7 Å². The van der Waals surface area contributed by atoms with Crippen LogP contribution in [0.2, 0.25) is 0 Å². The van der Waals surface area contributed by atoms with E-state index in [-0.39, 0.29) is 5.91 Å². The maximum atomic E-state index is 12.3. The Morgan fingerprint density at radius 2 is 2.11 bits per heavy atom. The van der Waals surface area contributed by atoms with Gasteiger partial charge in [0.1, 0.15) is 5.69 Å². The lowest BCUT2D eigenvalue weighted by Crippen LogP contribution is -2.19. The zero-order valence-corrected chi connectivity index (χ0v) is 11.0. The monoisotopic (exact) mass is 258 g/mol. The lowest BCUT2D eigenvalue weighted by atomic mass is 10.2. The van der Waals surface area contributed by atoms with Crippen molar-refractivity contribution >= 4 is 11.7 Å². The number of aryl methyl sites for hydroxylation is 1. The quantitative estimate of drug-likeness (QED) is 0.920. The molecule has 1 aliphatic carbocycles. The SMILES string of the molecule is Cn1ccc(NC(=O)c2cccn2C2CCCC2)n1. The number of nitrogens with zero attached hydrogens (tertiary/aromatic N) is 3. The summed E-state index contributed by atoms with van der Waals surface area (Å²) in [5, 5.41) is 7.00. The summed E-state index contributed by atoms with van der Waals surface area (Å²) in [6, 6.07) is 6.07. The Bertz CT molecular complexity index is 578.